The predicted molar refractivity (Wildman–Crippen MR) is 137 cm³/mol. The zero-order chi connectivity index (χ0) is 28.2. The molecule has 6 rings (SSSR count). The van der Waals surface area contributed by atoms with E-state index in [0.29, 0.717) is 34.3 Å². The number of hydrogen-bond acceptors (Lipinski definition) is 7. The molecule has 206 valence electrons. The average molecular weight is 553 g/mol. The molecule has 0 saturated carbocycles. The largest absolute Gasteiger partial charge is 0.494 e. The van der Waals surface area contributed by atoms with Gasteiger partial charge in [0.15, 0.2) is 16.8 Å². The Balaban J connectivity index is 1.60. The van der Waals surface area contributed by atoms with Gasteiger partial charge in [-0.3, -0.25) is 9.59 Å². The lowest BCUT2D eigenvalue weighted by Gasteiger charge is -2.13. The van der Waals surface area contributed by atoms with Gasteiger partial charge in [0.25, 0.3) is 11.5 Å². The number of aromatic nitrogens is 4. The number of fused-ring (bicyclic) bond motifs is 2. The number of hydrogen-bond donors (Lipinski definition) is 1. The Hall–Kier alpha value is -4.65. The normalized spacial score (nSPS) is 16.0. The van der Waals surface area contributed by atoms with Crippen LogP contribution < -0.4 is 10.3 Å². The monoisotopic (exact) mass is 553 g/mol. The first-order valence-corrected chi connectivity index (χ1v) is 12.3. The number of benzene rings is 2. The summed E-state index contributed by atoms with van der Waals surface area (Å²) in [7, 11) is 3.10. The maximum absolute atomic E-state index is 14.2. The number of oxazole rings is 1. The zero-order valence-electron chi connectivity index (χ0n) is 21.3. The topological polar surface area (TPSA) is 115 Å². The van der Waals surface area contributed by atoms with Crippen LogP contribution in [0.15, 0.2) is 57.7 Å². The molecule has 0 radical (unpaired) electrons. The van der Waals surface area contributed by atoms with E-state index in [-0.39, 0.29) is 46.4 Å². The summed E-state index contributed by atoms with van der Waals surface area (Å²) >= 11 is 0. The third kappa shape index (κ3) is 4.18. The highest BCUT2D eigenvalue weighted by Gasteiger charge is 2.40. The number of likely N-dealkylation sites (tertiary alicyclic amines) is 1. The molecule has 1 fully saturated rings. The number of nitrogens with zero attached hydrogens (tertiary/aromatic N) is 4. The van der Waals surface area contributed by atoms with Crippen molar-refractivity contribution in [2.75, 3.05) is 20.7 Å². The molecule has 1 atom stereocenters. The molecule has 0 aliphatic carbocycles. The van der Waals surface area contributed by atoms with Crippen LogP contribution in [-0.4, -0.2) is 57.2 Å². The van der Waals surface area contributed by atoms with E-state index < -0.39 is 23.5 Å². The fourth-order valence-corrected chi connectivity index (χ4v) is 4.85. The van der Waals surface area contributed by atoms with Crippen LogP contribution in [-0.2, 0) is 22.3 Å². The van der Waals surface area contributed by atoms with Crippen LogP contribution in [0, 0.1) is 0 Å². The van der Waals surface area contributed by atoms with Gasteiger partial charge >= 0.3 is 6.18 Å². The number of ether oxygens (including phenoxy) is 2. The summed E-state index contributed by atoms with van der Waals surface area (Å²) in [6.45, 7) is 0.189. The van der Waals surface area contributed by atoms with Gasteiger partial charge in [0.2, 0.25) is 5.89 Å². The molecule has 1 saturated heterocycles. The number of H-pyrrole nitrogens is 1. The molecule has 10 nitrogen and oxygen atoms in total. The van der Waals surface area contributed by atoms with Gasteiger partial charge in [0, 0.05) is 20.0 Å². The summed E-state index contributed by atoms with van der Waals surface area (Å²) in [6, 6.07) is 12.8. The van der Waals surface area contributed by atoms with Crippen LogP contribution in [0.5, 0.6) is 5.75 Å². The second kappa shape index (κ2) is 9.52. The number of carbonyl (C=O) groups excluding carboxylic acids is 1. The Bertz CT molecular complexity index is 1810. The third-order valence-electron chi connectivity index (χ3n) is 6.82. The maximum Gasteiger partial charge on any atom is 0.435 e. The first-order valence-electron chi connectivity index (χ1n) is 12.3. The molecule has 1 N–H and O–H groups in total. The van der Waals surface area contributed by atoms with E-state index in [9.17, 15) is 22.8 Å². The summed E-state index contributed by atoms with van der Waals surface area (Å²) in [6.07, 6.45) is -5.21. The molecule has 0 bridgehead atoms. The number of nitrogens with one attached hydrogen (secondary N) is 1. The van der Waals surface area contributed by atoms with Gasteiger partial charge in [0.1, 0.15) is 23.1 Å². The smallest absolute Gasteiger partial charge is 0.435 e. The molecule has 1 aliphatic rings. The quantitative estimate of drug-likeness (QED) is 0.334. The van der Waals surface area contributed by atoms with Crippen molar-refractivity contribution in [2.45, 2.75) is 25.3 Å². The Labute approximate surface area is 223 Å². The van der Waals surface area contributed by atoms with Crippen molar-refractivity contribution in [2.24, 2.45) is 0 Å². The molecule has 2 aromatic carbocycles. The average Bonchev–Trinajstić information content (AvgIpc) is 3.63. The van der Waals surface area contributed by atoms with Crippen molar-refractivity contribution in [3.05, 3.63) is 70.3 Å². The number of rotatable bonds is 6. The lowest BCUT2D eigenvalue weighted by molar-refractivity contribution is -0.140. The number of carbonyl (C=O) groups is 1. The molecule has 0 spiro atoms. The molecule has 3 aromatic heterocycles. The van der Waals surface area contributed by atoms with Gasteiger partial charge in [-0.25, -0.2) is 4.98 Å². The van der Waals surface area contributed by atoms with Gasteiger partial charge in [-0.05, 0) is 17.7 Å². The second-order valence-corrected chi connectivity index (χ2v) is 9.31. The first kappa shape index (κ1) is 25.6. The van der Waals surface area contributed by atoms with Crippen LogP contribution >= 0.6 is 0 Å². The minimum atomic E-state index is -4.86. The standard InChI is InChI=1S/C27H22F3N5O5/c1-34-12-11-18(25(34)36)39-13-15-20(24-32-21-16(38-2)9-6-10-17(21)40-24)26(37)35-23(31-15)19(14-7-4-3-5-8-14)22(33-35)27(28,29)30/h3-10,18,31H,11-13H2,1-2H3. The molecular formula is C27H22F3N5O5. The Morgan fingerprint density at radius 2 is 1.88 bits per heavy atom. The van der Waals surface area contributed by atoms with E-state index >= 15 is 0 Å². The van der Waals surface area contributed by atoms with Crippen molar-refractivity contribution in [3.63, 3.8) is 0 Å². The van der Waals surface area contributed by atoms with Gasteiger partial charge < -0.3 is 23.8 Å². The van der Waals surface area contributed by atoms with Gasteiger partial charge in [0.05, 0.1) is 25.0 Å². The van der Waals surface area contributed by atoms with Crippen LogP contribution in [0.3, 0.4) is 0 Å². The van der Waals surface area contributed by atoms with E-state index in [1.807, 2.05) is 0 Å². The Morgan fingerprint density at radius 3 is 2.55 bits per heavy atom. The highest BCUT2D eigenvalue weighted by atomic mass is 19.4. The Kier molecular flexibility index (Phi) is 6.10. The molecule has 1 amide bonds. The predicted octanol–water partition coefficient (Wildman–Crippen LogP) is 4.27. The fraction of sp³-hybridized carbons (Fsp3) is 0.259. The number of amides is 1. The summed E-state index contributed by atoms with van der Waals surface area (Å²) < 4.78 is 60.3. The third-order valence-corrected chi connectivity index (χ3v) is 6.82. The Morgan fingerprint density at radius 1 is 1.10 bits per heavy atom. The van der Waals surface area contributed by atoms with E-state index in [4.69, 9.17) is 13.9 Å². The number of likely N-dealkylation sites (N-methyl/N-ethyl adjacent to an activating group) is 1. The fourth-order valence-electron chi connectivity index (χ4n) is 4.85. The number of methoxy groups -OCH3 is 1. The van der Waals surface area contributed by atoms with Crippen molar-refractivity contribution in [1.82, 2.24) is 24.5 Å². The highest BCUT2D eigenvalue weighted by molar-refractivity contribution is 5.84. The molecule has 1 aliphatic heterocycles. The molecule has 1 unspecified atom stereocenters. The minimum Gasteiger partial charge on any atom is -0.494 e. The number of alkyl halides is 3. The van der Waals surface area contributed by atoms with Crippen LogP contribution in [0.4, 0.5) is 13.2 Å². The zero-order valence-corrected chi connectivity index (χ0v) is 21.3. The van der Waals surface area contributed by atoms with Crippen molar-refractivity contribution in [3.8, 4) is 28.3 Å². The van der Waals surface area contributed by atoms with E-state index in [2.05, 4.69) is 15.1 Å². The summed E-state index contributed by atoms with van der Waals surface area (Å²) in [5, 5.41) is 3.69. The minimum absolute atomic E-state index is 0.0798. The number of aromatic amines is 1. The van der Waals surface area contributed by atoms with Crippen molar-refractivity contribution < 1.29 is 31.9 Å². The molecular weight excluding hydrogens is 531 g/mol. The number of para-hydroxylation sites is 1. The van der Waals surface area contributed by atoms with E-state index in [1.165, 1.54) is 24.1 Å². The lowest BCUT2D eigenvalue weighted by Crippen LogP contribution is -2.28. The number of halogens is 3. The molecule has 4 heterocycles. The highest BCUT2D eigenvalue weighted by Crippen LogP contribution is 2.39. The maximum atomic E-state index is 14.2. The van der Waals surface area contributed by atoms with Gasteiger partial charge in [-0.15, -0.1) is 0 Å². The SMILES string of the molecule is COc1cccc2oc(-c3c(COC4CCN(C)C4=O)[nH]c4c(-c5ccccc5)c(C(F)(F)F)nn4c3=O)nc12. The van der Waals surface area contributed by atoms with Gasteiger partial charge in [-0.2, -0.15) is 22.8 Å². The van der Waals surface area contributed by atoms with E-state index in [1.54, 1.807) is 43.4 Å². The van der Waals surface area contributed by atoms with Gasteiger partial charge in [-0.1, -0.05) is 36.4 Å². The lowest BCUT2D eigenvalue weighted by atomic mass is 10.1. The first-order chi connectivity index (χ1) is 19.2. The summed E-state index contributed by atoms with van der Waals surface area (Å²) in [5.74, 6) is -0.0149. The van der Waals surface area contributed by atoms with Crippen LogP contribution in [0.25, 0.3) is 39.3 Å². The summed E-state index contributed by atoms with van der Waals surface area (Å²) in [5.41, 5.74) is -1.89. The van der Waals surface area contributed by atoms with Crippen molar-refractivity contribution >= 4 is 22.7 Å². The van der Waals surface area contributed by atoms with E-state index in [0.717, 1.165) is 0 Å². The second-order valence-electron chi connectivity index (χ2n) is 9.31. The van der Waals surface area contributed by atoms with Crippen molar-refractivity contribution in [1.29, 1.82) is 0 Å². The molecule has 40 heavy (non-hydrogen) atoms. The molecule has 5 aromatic rings. The van der Waals surface area contributed by atoms with Crippen LogP contribution in [0.2, 0.25) is 0 Å². The van der Waals surface area contributed by atoms with Crippen LogP contribution in [0.1, 0.15) is 17.8 Å². The summed E-state index contributed by atoms with van der Waals surface area (Å²) in [4.78, 5) is 35.2. The molecule has 13 heteroatoms.